The third kappa shape index (κ3) is 2.41. The predicted octanol–water partition coefficient (Wildman–Crippen LogP) is 0.294. The van der Waals surface area contributed by atoms with E-state index in [1.54, 1.807) is 0 Å². The highest BCUT2D eigenvalue weighted by molar-refractivity contribution is 4.93. The number of aromatic nitrogens is 3. The molecule has 16 heavy (non-hydrogen) atoms. The lowest BCUT2D eigenvalue weighted by Gasteiger charge is -2.31. The van der Waals surface area contributed by atoms with E-state index in [-0.39, 0.29) is 0 Å². The molecular formula is C11H21N5. The molecule has 2 N–H and O–H groups in total. The van der Waals surface area contributed by atoms with Gasteiger partial charge in [0.15, 0.2) is 0 Å². The first-order valence-corrected chi connectivity index (χ1v) is 5.98. The van der Waals surface area contributed by atoms with Gasteiger partial charge in [-0.15, -0.1) is 10.2 Å². The molecule has 1 unspecified atom stereocenters. The summed E-state index contributed by atoms with van der Waals surface area (Å²) in [6.07, 6.45) is 2.52. The van der Waals surface area contributed by atoms with Crippen LogP contribution in [-0.4, -0.2) is 39.3 Å². The lowest BCUT2D eigenvalue weighted by Crippen LogP contribution is -2.38. The van der Waals surface area contributed by atoms with E-state index in [9.17, 15) is 0 Å². The van der Waals surface area contributed by atoms with E-state index in [2.05, 4.69) is 19.7 Å². The van der Waals surface area contributed by atoms with Crippen molar-refractivity contribution >= 4 is 0 Å². The Hall–Kier alpha value is -0.940. The molecule has 1 aliphatic rings. The zero-order valence-corrected chi connectivity index (χ0v) is 10.2. The highest BCUT2D eigenvalue weighted by Gasteiger charge is 2.20. The zero-order chi connectivity index (χ0) is 11.5. The minimum absolute atomic E-state index is 0.656. The van der Waals surface area contributed by atoms with Crippen LogP contribution in [0.1, 0.15) is 24.5 Å². The van der Waals surface area contributed by atoms with Gasteiger partial charge in [0.05, 0.1) is 6.54 Å². The van der Waals surface area contributed by atoms with Crippen molar-refractivity contribution in [2.45, 2.75) is 26.3 Å². The van der Waals surface area contributed by atoms with E-state index in [4.69, 9.17) is 5.73 Å². The van der Waals surface area contributed by atoms with Gasteiger partial charge in [-0.1, -0.05) is 0 Å². The molecule has 0 amide bonds. The highest BCUT2D eigenvalue weighted by atomic mass is 15.3. The van der Waals surface area contributed by atoms with Gasteiger partial charge < -0.3 is 10.3 Å². The van der Waals surface area contributed by atoms with Crippen LogP contribution in [0.4, 0.5) is 0 Å². The van der Waals surface area contributed by atoms with Crippen LogP contribution < -0.4 is 5.73 Å². The van der Waals surface area contributed by atoms with Crippen molar-refractivity contribution in [3.8, 4) is 0 Å². The minimum atomic E-state index is 0.656. The quantitative estimate of drug-likeness (QED) is 0.800. The van der Waals surface area contributed by atoms with Crippen molar-refractivity contribution in [3.63, 3.8) is 0 Å². The summed E-state index contributed by atoms with van der Waals surface area (Å²) in [6.45, 7) is 5.93. The summed E-state index contributed by atoms with van der Waals surface area (Å²) < 4.78 is 2.06. The molecular weight excluding hydrogens is 202 g/mol. The fourth-order valence-electron chi connectivity index (χ4n) is 2.28. The Morgan fingerprint density at radius 3 is 2.88 bits per heavy atom. The Labute approximate surface area is 96.6 Å². The van der Waals surface area contributed by atoms with Crippen molar-refractivity contribution in [3.05, 3.63) is 11.6 Å². The van der Waals surface area contributed by atoms with E-state index < -0.39 is 0 Å². The molecule has 0 bridgehead atoms. The van der Waals surface area contributed by atoms with Crippen molar-refractivity contribution in [1.82, 2.24) is 19.7 Å². The summed E-state index contributed by atoms with van der Waals surface area (Å²) in [7, 11) is 2.02. The number of nitrogens with zero attached hydrogens (tertiary/aromatic N) is 4. The topological polar surface area (TPSA) is 60.0 Å². The molecule has 0 saturated carbocycles. The van der Waals surface area contributed by atoms with Gasteiger partial charge in [-0.3, -0.25) is 4.90 Å². The van der Waals surface area contributed by atoms with Crippen LogP contribution in [0.25, 0.3) is 0 Å². The van der Waals surface area contributed by atoms with Crippen LogP contribution in [-0.2, 0) is 13.6 Å². The molecule has 5 heteroatoms. The average molecular weight is 223 g/mol. The molecule has 1 saturated heterocycles. The molecule has 0 aliphatic carbocycles. The number of likely N-dealkylation sites (tertiary alicyclic amines) is 1. The largest absolute Gasteiger partial charge is 0.330 e. The van der Waals surface area contributed by atoms with Crippen LogP contribution in [0, 0.1) is 12.8 Å². The fourth-order valence-corrected chi connectivity index (χ4v) is 2.28. The van der Waals surface area contributed by atoms with Gasteiger partial charge in [0, 0.05) is 13.6 Å². The molecule has 1 aromatic rings. The van der Waals surface area contributed by atoms with Crippen LogP contribution >= 0.6 is 0 Å². The SMILES string of the molecule is Cc1nnc(CN2CCCC(CN)C2)n1C. The van der Waals surface area contributed by atoms with Crippen LogP contribution in [0.15, 0.2) is 0 Å². The highest BCUT2D eigenvalue weighted by Crippen LogP contribution is 2.16. The average Bonchev–Trinajstić information content (AvgIpc) is 2.61. The summed E-state index contributed by atoms with van der Waals surface area (Å²) in [6, 6.07) is 0. The number of hydrogen-bond donors (Lipinski definition) is 1. The van der Waals surface area contributed by atoms with Gasteiger partial charge in [-0.2, -0.15) is 0 Å². The van der Waals surface area contributed by atoms with Crippen LogP contribution in [0.2, 0.25) is 0 Å². The molecule has 0 spiro atoms. The smallest absolute Gasteiger partial charge is 0.146 e. The summed E-state index contributed by atoms with van der Waals surface area (Å²) in [5, 5.41) is 8.28. The Bertz CT molecular complexity index is 346. The molecule has 2 heterocycles. The van der Waals surface area contributed by atoms with Crippen LogP contribution in [0.5, 0.6) is 0 Å². The predicted molar refractivity (Wildman–Crippen MR) is 62.8 cm³/mol. The minimum Gasteiger partial charge on any atom is -0.330 e. The Morgan fingerprint density at radius 1 is 1.44 bits per heavy atom. The summed E-state index contributed by atoms with van der Waals surface area (Å²) >= 11 is 0. The second-order valence-electron chi connectivity index (χ2n) is 4.70. The number of hydrogen-bond acceptors (Lipinski definition) is 4. The first kappa shape index (κ1) is 11.5. The molecule has 2 rings (SSSR count). The number of aryl methyl sites for hydroxylation is 1. The van der Waals surface area contributed by atoms with Gasteiger partial charge in [0.2, 0.25) is 0 Å². The van der Waals surface area contributed by atoms with Gasteiger partial charge in [0.25, 0.3) is 0 Å². The van der Waals surface area contributed by atoms with Gasteiger partial charge in [0.1, 0.15) is 11.6 Å². The van der Waals surface area contributed by atoms with E-state index in [0.717, 1.165) is 37.8 Å². The van der Waals surface area contributed by atoms with Crippen molar-refractivity contribution < 1.29 is 0 Å². The molecule has 1 aromatic heterocycles. The van der Waals surface area contributed by atoms with Gasteiger partial charge >= 0.3 is 0 Å². The summed E-state index contributed by atoms with van der Waals surface area (Å²) in [5.41, 5.74) is 5.73. The molecule has 90 valence electrons. The summed E-state index contributed by atoms with van der Waals surface area (Å²) in [5.74, 6) is 2.68. The summed E-state index contributed by atoms with van der Waals surface area (Å²) in [4.78, 5) is 2.44. The Balaban J connectivity index is 1.96. The molecule has 0 aromatic carbocycles. The third-order valence-corrected chi connectivity index (χ3v) is 3.48. The lowest BCUT2D eigenvalue weighted by atomic mass is 9.98. The van der Waals surface area contributed by atoms with Gasteiger partial charge in [-0.25, -0.2) is 0 Å². The Kier molecular flexibility index (Phi) is 3.56. The monoisotopic (exact) mass is 223 g/mol. The number of nitrogens with two attached hydrogens (primary N) is 1. The first-order chi connectivity index (χ1) is 7.70. The second kappa shape index (κ2) is 4.93. The van der Waals surface area contributed by atoms with E-state index in [1.807, 2.05) is 14.0 Å². The zero-order valence-electron chi connectivity index (χ0n) is 10.2. The molecule has 1 atom stereocenters. The molecule has 1 fully saturated rings. The van der Waals surface area contributed by atoms with E-state index in [1.165, 1.54) is 12.8 Å². The maximum absolute atomic E-state index is 5.73. The van der Waals surface area contributed by atoms with Crippen molar-refractivity contribution in [2.75, 3.05) is 19.6 Å². The first-order valence-electron chi connectivity index (χ1n) is 5.98. The maximum Gasteiger partial charge on any atom is 0.146 e. The Morgan fingerprint density at radius 2 is 2.25 bits per heavy atom. The normalized spacial score (nSPS) is 22.6. The maximum atomic E-state index is 5.73. The van der Waals surface area contributed by atoms with Crippen molar-refractivity contribution in [1.29, 1.82) is 0 Å². The number of rotatable bonds is 3. The second-order valence-corrected chi connectivity index (χ2v) is 4.70. The fraction of sp³-hybridized carbons (Fsp3) is 0.818. The van der Waals surface area contributed by atoms with Gasteiger partial charge in [-0.05, 0) is 38.8 Å². The third-order valence-electron chi connectivity index (χ3n) is 3.48. The van der Waals surface area contributed by atoms with Crippen molar-refractivity contribution in [2.24, 2.45) is 18.7 Å². The molecule has 5 nitrogen and oxygen atoms in total. The number of piperidine rings is 1. The lowest BCUT2D eigenvalue weighted by molar-refractivity contribution is 0.166. The van der Waals surface area contributed by atoms with E-state index >= 15 is 0 Å². The standard InChI is InChI=1S/C11H21N5/c1-9-13-14-11(15(9)2)8-16-5-3-4-10(6-12)7-16/h10H,3-8,12H2,1-2H3. The van der Waals surface area contributed by atoms with Crippen LogP contribution in [0.3, 0.4) is 0 Å². The van der Waals surface area contributed by atoms with E-state index in [0.29, 0.717) is 5.92 Å². The molecule has 0 radical (unpaired) electrons. The molecule has 1 aliphatic heterocycles.